The largest absolute Gasteiger partial charge is 0.486 e. The molecule has 5 rings (SSSR count). The monoisotopic (exact) mass is 386 g/mol. The molecule has 0 atom stereocenters. The zero-order valence-electron chi connectivity index (χ0n) is 16.1. The van der Waals surface area contributed by atoms with E-state index in [2.05, 4.69) is 10.3 Å². The van der Waals surface area contributed by atoms with Crippen LogP contribution < -0.4 is 14.8 Å². The maximum Gasteiger partial charge on any atom is 0.251 e. The number of nitrogens with zero attached hydrogens (tertiary/aromatic N) is 1. The molecular weight excluding hydrogens is 364 g/mol. The third-order valence-corrected chi connectivity index (χ3v) is 5.51. The SMILES string of the molecule is O=C(Nc1cccc2cccnc12)C1=C(c2ccc3c(c2)OCCO3)CCCC1. The molecule has 0 unspecified atom stereocenters. The first kappa shape index (κ1) is 17.7. The third-order valence-electron chi connectivity index (χ3n) is 5.51. The van der Waals surface area contributed by atoms with Crippen molar-refractivity contribution in [1.82, 2.24) is 4.98 Å². The number of ether oxygens (including phenoxy) is 2. The van der Waals surface area contributed by atoms with Crippen LogP contribution >= 0.6 is 0 Å². The Morgan fingerprint density at radius 3 is 2.69 bits per heavy atom. The number of benzene rings is 2. The fourth-order valence-corrected chi connectivity index (χ4v) is 4.11. The molecule has 0 spiro atoms. The number of carbonyl (C=O) groups is 1. The lowest BCUT2D eigenvalue weighted by atomic mass is 9.86. The van der Waals surface area contributed by atoms with Crippen molar-refractivity contribution >= 4 is 28.1 Å². The molecule has 5 heteroatoms. The van der Waals surface area contributed by atoms with Crippen LogP contribution in [0.4, 0.5) is 5.69 Å². The summed E-state index contributed by atoms with van der Waals surface area (Å²) in [6.45, 7) is 1.12. The Bertz CT molecular complexity index is 1110. The molecule has 29 heavy (non-hydrogen) atoms. The van der Waals surface area contributed by atoms with Crippen molar-refractivity contribution in [3.05, 3.63) is 65.9 Å². The number of amides is 1. The molecule has 1 aliphatic heterocycles. The number of aromatic nitrogens is 1. The molecule has 1 N–H and O–H groups in total. The smallest absolute Gasteiger partial charge is 0.251 e. The molecule has 0 saturated carbocycles. The van der Waals surface area contributed by atoms with Gasteiger partial charge in [0.25, 0.3) is 5.91 Å². The minimum atomic E-state index is -0.0484. The Kier molecular flexibility index (Phi) is 4.64. The van der Waals surface area contributed by atoms with E-state index < -0.39 is 0 Å². The Morgan fingerprint density at radius 1 is 0.931 bits per heavy atom. The molecule has 2 aliphatic rings. The second-order valence-corrected chi connectivity index (χ2v) is 7.36. The lowest BCUT2D eigenvalue weighted by Crippen LogP contribution is -2.19. The Labute approximate surface area is 169 Å². The van der Waals surface area contributed by atoms with Gasteiger partial charge in [-0.1, -0.05) is 24.3 Å². The van der Waals surface area contributed by atoms with Crippen LogP contribution in [0.1, 0.15) is 31.2 Å². The van der Waals surface area contributed by atoms with Crippen molar-refractivity contribution in [2.45, 2.75) is 25.7 Å². The lowest BCUT2D eigenvalue weighted by Gasteiger charge is -2.23. The molecule has 0 saturated heterocycles. The van der Waals surface area contributed by atoms with E-state index in [9.17, 15) is 4.79 Å². The van der Waals surface area contributed by atoms with Crippen molar-refractivity contribution in [3.63, 3.8) is 0 Å². The molecule has 2 heterocycles. The summed E-state index contributed by atoms with van der Waals surface area (Å²) in [4.78, 5) is 17.7. The maximum absolute atomic E-state index is 13.2. The van der Waals surface area contributed by atoms with E-state index in [1.807, 2.05) is 48.5 Å². The number of allylic oxidation sites excluding steroid dienone is 1. The second kappa shape index (κ2) is 7.59. The number of hydrogen-bond acceptors (Lipinski definition) is 4. The third kappa shape index (κ3) is 3.44. The molecule has 1 aromatic heterocycles. The van der Waals surface area contributed by atoms with Crippen LogP contribution in [-0.2, 0) is 4.79 Å². The van der Waals surface area contributed by atoms with E-state index in [1.54, 1.807) is 6.20 Å². The molecule has 0 fully saturated rings. The molecule has 146 valence electrons. The van der Waals surface area contributed by atoms with Crippen molar-refractivity contribution in [3.8, 4) is 11.5 Å². The van der Waals surface area contributed by atoms with Gasteiger partial charge in [-0.3, -0.25) is 9.78 Å². The molecule has 1 amide bonds. The van der Waals surface area contributed by atoms with Gasteiger partial charge in [0.05, 0.1) is 11.2 Å². The van der Waals surface area contributed by atoms with Gasteiger partial charge < -0.3 is 14.8 Å². The average molecular weight is 386 g/mol. The van der Waals surface area contributed by atoms with E-state index >= 15 is 0 Å². The summed E-state index contributed by atoms with van der Waals surface area (Å²) in [6, 6.07) is 15.7. The van der Waals surface area contributed by atoms with Crippen molar-refractivity contribution in [2.24, 2.45) is 0 Å². The van der Waals surface area contributed by atoms with Crippen LogP contribution in [0.5, 0.6) is 11.5 Å². The van der Waals surface area contributed by atoms with Crippen LogP contribution in [0.15, 0.2) is 60.3 Å². The fraction of sp³-hybridized carbons (Fsp3) is 0.250. The Balaban J connectivity index is 1.50. The van der Waals surface area contributed by atoms with Crippen molar-refractivity contribution < 1.29 is 14.3 Å². The number of rotatable bonds is 3. The van der Waals surface area contributed by atoms with E-state index in [0.717, 1.165) is 70.5 Å². The predicted molar refractivity (Wildman–Crippen MR) is 113 cm³/mol. The number of pyridine rings is 1. The molecule has 3 aromatic rings. The van der Waals surface area contributed by atoms with Crippen LogP contribution in [0.25, 0.3) is 16.5 Å². The lowest BCUT2D eigenvalue weighted by molar-refractivity contribution is -0.113. The molecule has 0 bridgehead atoms. The summed E-state index contributed by atoms with van der Waals surface area (Å²) in [5, 5.41) is 4.11. The van der Waals surface area contributed by atoms with Gasteiger partial charge in [-0.2, -0.15) is 0 Å². The molecule has 5 nitrogen and oxygen atoms in total. The molecule has 0 radical (unpaired) electrons. The molecule has 2 aromatic carbocycles. The summed E-state index contributed by atoms with van der Waals surface area (Å²) in [5.41, 5.74) is 4.53. The van der Waals surface area contributed by atoms with Gasteiger partial charge in [-0.25, -0.2) is 0 Å². The zero-order valence-corrected chi connectivity index (χ0v) is 16.1. The first-order valence-electron chi connectivity index (χ1n) is 10.1. The summed E-state index contributed by atoms with van der Waals surface area (Å²) in [7, 11) is 0. The minimum absolute atomic E-state index is 0.0484. The van der Waals surface area contributed by atoms with Crippen LogP contribution in [0.2, 0.25) is 0 Å². The van der Waals surface area contributed by atoms with Crippen molar-refractivity contribution in [1.29, 1.82) is 0 Å². The van der Waals surface area contributed by atoms with Gasteiger partial charge in [0.2, 0.25) is 0 Å². The number of para-hydroxylation sites is 1. The van der Waals surface area contributed by atoms with Gasteiger partial charge in [0, 0.05) is 17.2 Å². The summed E-state index contributed by atoms with van der Waals surface area (Å²) in [6.07, 6.45) is 5.50. The summed E-state index contributed by atoms with van der Waals surface area (Å²) >= 11 is 0. The highest BCUT2D eigenvalue weighted by Crippen LogP contribution is 2.38. The highest BCUT2D eigenvalue weighted by atomic mass is 16.6. The Morgan fingerprint density at radius 2 is 1.76 bits per heavy atom. The van der Waals surface area contributed by atoms with Gasteiger partial charge >= 0.3 is 0 Å². The highest BCUT2D eigenvalue weighted by Gasteiger charge is 2.22. The van der Waals surface area contributed by atoms with E-state index in [-0.39, 0.29) is 5.91 Å². The predicted octanol–water partition coefficient (Wildman–Crippen LogP) is 4.97. The van der Waals surface area contributed by atoms with E-state index in [4.69, 9.17) is 9.47 Å². The van der Waals surface area contributed by atoms with Gasteiger partial charge in [0.1, 0.15) is 13.2 Å². The first-order valence-corrected chi connectivity index (χ1v) is 10.1. The standard InChI is InChI=1S/C24H22N2O3/c27-24(26-20-9-3-5-16-6-4-12-25-23(16)20)19-8-2-1-7-18(19)17-10-11-21-22(15-17)29-14-13-28-21/h3-6,9-12,15H,1-2,7-8,13-14H2,(H,26,27). The van der Waals surface area contributed by atoms with Crippen LogP contribution in [-0.4, -0.2) is 24.1 Å². The molecule has 1 aliphatic carbocycles. The number of hydrogen-bond donors (Lipinski definition) is 1. The van der Waals surface area contributed by atoms with E-state index in [1.165, 1.54) is 0 Å². The van der Waals surface area contributed by atoms with Crippen LogP contribution in [0.3, 0.4) is 0 Å². The number of anilines is 1. The zero-order chi connectivity index (χ0) is 19.6. The first-order chi connectivity index (χ1) is 14.3. The normalized spacial score (nSPS) is 16.0. The van der Waals surface area contributed by atoms with Crippen LogP contribution in [0, 0.1) is 0 Å². The topological polar surface area (TPSA) is 60.5 Å². The number of nitrogens with one attached hydrogen (secondary N) is 1. The quantitative estimate of drug-likeness (QED) is 0.690. The van der Waals surface area contributed by atoms with Gasteiger partial charge in [-0.05, 0) is 61.1 Å². The minimum Gasteiger partial charge on any atom is -0.486 e. The Hall–Kier alpha value is -3.34. The number of fused-ring (bicyclic) bond motifs is 2. The maximum atomic E-state index is 13.2. The average Bonchev–Trinajstić information content (AvgIpc) is 2.79. The van der Waals surface area contributed by atoms with E-state index in [0.29, 0.717) is 13.2 Å². The number of carbonyl (C=O) groups excluding carboxylic acids is 1. The summed E-state index contributed by atoms with van der Waals surface area (Å²) < 4.78 is 11.4. The fourth-order valence-electron chi connectivity index (χ4n) is 4.11. The molecular formula is C24H22N2O3. The van der Waals surface area contributed by atoms with Gasteiger partial charge in [0.15, 0.2) is 11.5 Å². The van der Waals surface area contributed by atoms with Crippen molar-refractivity contribution in [2.75, 3.05) is 18.5 Å². The summed E-state index contributed by atoms with van der Waals surface area (Å²) in [5.74, 6) is 1.47. The second-order valence-electron chi connectivity index (χ2n) is 7.36. The highest BCUT2D eigenvalue weighted by molar-refractivity contribution is 6.11. The van der Waals surface area contributed by atoms with Gasteiger partial charge in [-0.15, -0.1) is 0 Å².